The van der Waals surface area contributed by atoms with Gasteiger partial charge >= 0.3 is 5.97 Å². The van der Waals surface area contributed by atoms with Gasteiger partial charge < -0.3 is 14.9 Å². The van der Waals surface area contributed by atoms with Crippen LogP contribution in [0.3, 0.4) is 0 Å². The summed E-state index contributed by atoms with van der Waals surface area (Å²) in [6.45, 7) is 0.611. The number of carboxylic acid groups (broad SMARTS) is 1. The maximum atomic E-state index is 12.1. The highest BCUT2D eigenvalue weighted by Gasteiger charge is 2.22. The van der Waals surface area contributed by atoms with E-state index < -0.39 is 5.97 Å². The van der Waals surface area contributed by atoms with E-state index in [2.05, 4.69) is 29.6 Å². The van der Waals surface area contributed by atoms with E-state index in [0.717, 1.165) is 25.7 Å². The molecule has 0 aliphatic heterocycles. The Morgan fingerprint density at radius 2 is 1.56 bits per heavy atom. The lowest BCUT2D eigenvalue weighted by Crippen LogP contribution is -2.49. The Labute approximate surface area is 164 Å². The molecule has 1 atom stereocenters. The van der Waals surface area contributed by atoms with Crippen LogP contribution in [0.25, 0.3) is 0 Å². The summed E-state index contributed by atoms with van der Waals surface area (Å²) in [6, 6.07) is 10.3. The van der Waals surface area contributed by atoms with Crippen LogP contribution in [0, 0.1) is 0 Å². The zero-order valence-electron chi connectivity index (χ0n) is 17.2. The van der Waals surface area contributed by atoms with E-state index in [4.69, 9.17) is 5.11 Å². The van der Waals surface area contributed by atoms with Crippen molar-refractivity contribution < 1.29 is 19.2 Å². The van der Waals surface area contributed by atoms with Gasteiger partial charge in [-0.1, -0.05) is 56.0 Å². The van der Waals surface area contributed by atoms with Gasteiger partial charge in [-0.15, -0.1) is 0 Å². The molecule has 0 saturated carbocycles. The van der Waals surface area contributed by atoms with Crippen LogP contribution in [0.2, 0.25) is 0 Å². The number of quaternary nitrogens is 1. The number of carbonyl (C=O) groups is 2. The molecule has 0 spiro atoms. The fraction of sp³-hybridized carbons (Fsp3) is 0.636. The monoisotopic (exact) mass is 377 g/mol. The van der Waals surface area contributed by atoms with Gasteiger partial charge in [0.2, 0.25) is 5.91 Å². The van der Waals surface area contributed by atoms with E-state index in [0.29, 0.717) is 17.4 Å². The Morgan fingerprint density at radius 3 is 2.15 bits per heavy atom. The van der Waals surface area contributed by atoms with Crippen molar-refractivity contribution in [2.75, 3.05) is 27.7 Å². The number of benzene rings is 1. The normalized spacial score (nSPS) is 12.6. The smallest absolute Gasteiger partial charge is 0.305 e. The van der Waals surface area contributed by atoms with Crippen molar-refractivity contribution in [2.24, 2.45) is 0 Å². The van der Waals surface area contributed by atoms with Gasteiger partial charge in [0, 0.05) is 6.42 Å². The quantitative estimate of drug-likeness (QED) is 0.384. The third kappa shape index (κ3) is 13.0. The van der Waals surface area contributed by atoms with Crippen LogP contribution in [0.5, 0.6) is 0 Å². The van der Waals surface area contributed by atoms with Crippen LogP contribution >= 0.6 is 0 Å². The molecule has 1 unspecified atom stereocenters. The molecule has 1 aromatic rings. The van der Waals surface area contributed by atoms with Crippen LogP contribution in [0.15, 0.2) is 30.3 Å². The summed E-state index contributed by atoms with van der Waals surface area (Å²) in [5, 5.41) is 11.9. The van der Waals surface area contributed by atoms with Crippen molar-refractivity contribution in [1.29, 1.82) is 0 Å². The second-order valence-electron chi connectivity index (χ2n) is 8.44. The minimum Gasteiger partial charge on any atom is -0.481 e. The molecule has 1 aromatic carbocycles. The summed E-state index contributed by atoms with van der Waals surface area (Å²) in [7, 11) is 6.00. The molecule has 0 fully saturated rings. The van der Waals surface area contributed by atoms with Crippen molar-refractivity contribution in [3.63, 3.8) is 0 Å². The third-order valence-electron chi connectivity index (χ3n) is 4.52. The highest BCUT2D eigenvalue weighted by molar-refractivity contribution is 5.77. The van der Waals surface area contributed by atoms with Gasteiger partial charge in [0.15, 0.2) is 0 Å². The van der Waals surface area contributed by atoms with Crippen LogP contribution in [-0.2, 0) is 16.0 Å². The summed E-state index contributed by atoms with van der Waals surface area (Å²) in [4.78, 5) is 23.1. The number of hydrogen-bond acceptors (Lipinski definition) is 2. The number of hydrogen-bond donors (Lipinski definition) is 2. The Kier molecular flexibility index (Phi) is 10.7. The second kappa shape index (κ2) is 12.5. The maximum Gasteiger partial charge on any atom is 0.305 e. The van der Waals surface area contributed by atoms with E-state index >= 15 is 0 Å². The van der Waals surface area contributed by atoms with Crippen molar-refractivity contribution in [1.82, 2.24) is 5.32 Å². The molecular formula is C22H37N2O3+. The van der Waals surface area contributed by atoms with Gasteiger partial charge in [0.1, 0.15) is 0 Å². The number of carbonyl (C=O) groups excluding carboxylic acids is 1. The van der Waals surface area contributed by atoms with Crippen LogP contribution < -0.4 is 5.32 Å². The molecular weight excluding hydrogens is 340 g/mol. The first-order valence-corrected chi connectivity index (χ1v) is 10.1. The van der Waals surface area contributed by atoms with Crippen molar-refractivity contribution in [3.05, 3.63) is 35.9 Å². The minimum absolute atomic E-state index is 0.0251. The topological polar surface area (TPSA) is 66.4 Å². The predicted octanol–water partition coefficient (Wildman–Crippen LogP) is 3.63. The van der Waals surface area contributed by atoms with Crippen LogP contribution in [0.4, 0.5) is 0 Å². The average molecular weight is 378 g/mol. The van der Waals surface area contributed by atoms with Gasteiger partial charge in [-0.25, -0.2) is 0 Å². The lowest BCUT2D eigenvalue weighted by atomic mass is 10.0. The fourth-order valence-electron chi connectivity index (χ4n) is 3.30. The van der Waals surface area contributed by atoms with Crippen LogP contribution in [-0.4, -0.2) is 55.2 Å². The Hall–Kier alpha value is -1.88. The molecule has 5 nitrogen and oxygen atoms in total. The first-order chi connectivity index (χ1) is 12.8. The Bertz CT molecular complexity index is 552. The average Bonchev–Trinajstić information content (AvgIpc) is 2.56. The molecule has 152 valence electrons. The molecule has 0 radical (unpaired) electrons. The number of carboxylic acids is 1. The molecule has 0 saturated heterocycles. The lowest BCUT2D eigenvalue weighted by Gasteiger charge is -2.29. The molecule has 0 aliphatic rings. The largest absolute Gasteiger partial charge is 0.481 e. The van der Waals surface area contributed by atoms with Crippen LogP contribution in [0.1, 0.15) is 56.9 Å². The SMILES string of the molecule is C[N+](C)(C)CC(CC(=O)O)NC(=O)CCCCCCCCc1ccccc1. The molecule has 0 aliphatic carbocycles. The first-order valence-electron chi connectivity index (χ1n) is 10.1. The lowest BCUT2D eigenvalue weighted by molar-refractivity contribution is -0.871. The molecule has 0 aromatic heterocycles. The number of unbranched alkanes of at least 4 members (excludes halogenated alkanes) is 5. The molecule has 2 N–H and O–H groups in total. The first kappa shape index (κ1) is 23.2. The summed E-state index contributed by atoms with van der Waals surface area (Å²) in [5.41, 5.74) is 1.40. The van der Waals surface area contributed by atoms with E-state index in [-0.39, 0.29) is 18.4 Å². The van der Waals surface area contributed by atoms with Gasteiger partial charge in [0.05, 0.1) is 40.2 Å². The fourth-order valence-corrected chi connectivity index (χ4v) is 3.30. The Balaban J connectivity index is 2.10. The Morgan fingerprint density at radius 1 is 0.963 bits per heavy atom. The number of nitrogens with zero attached hydrogens (tertiary/aromatic N) is 1. The van der Waals surface area contributed by atoms with Crippen molar-refractivity contribution in [3.8, 4) is 0 Å². The summed E-state index contributed by atoms with van der Waals surface area (Å²) in [5.74, 6) is -0.900. The van der Waals surface area contributed by atoms with E-state index in [1.807, 2.05) is 27.2 Å². The highest BCUT2D eigenvalue weighted by Crippen LogP contribution is 2.11. The molecule has 27 heavy (non-hydrogen) atoms. The maximum absolute atomic E-state index is 12.1. The molecule has 1 amide bonds. The van der Waals surface area contributed by atoms with Crippen molar-refractivity contribution >= 4 is 11.9 Å². The van der Waals surface area contributed by atoms with E-state index in [9.17, 15) is 9.59 Å². The highest BCUT2D eigenvalue weighted by atomic mass is 16.4. The third-order valence-corrected chi connectivity index (χ3v) is 4.52. The van der Waals surface area contributed by atoms with E-state index in [1.165, 1.54) is 24.8 Å². The summed E-state index contributed by atoms with van der Waals surface area (Å²) >= 11 is 0. The second-order valence-corrected chi connectivity index (χ2v) is 8.44. The zero-order chi connectivity index (χ0) is 20.1. The molecule has 0 heterocycles. The predicted molar refractivity (Wildman–Crippen MR) is 110 cm³/mol. The standard InChI is InChI=1S/C22H36N2O3/c1-24(2,3)18-20(17-22(26)27)23-21(25)16-12-7-5-4-6-9-13-19-14-10-8-11-15-19/h8,10-11,14-15,20H,4-7,9,12-13,16-18H2,1-3H3,(H-,23,25,26,27)/p+1. The number of amides is 1. The molecule has 1 rings (SSSR count). The number of rotatable bonds is 14. The van der Waals surface area contributed by atoms with Gasteiger partial charge in [-0.2, -0.15) is 0 Å². The molecule has 0 bridgehead atoms. The minimum atomic E-state index is -0.871. The number of aliphatic carboxylic acids is 1. The van der Waals surface area contributed by atoms with Gasteiger partial charge in [0.25, 0.3) is 0 Å². The van der Waals surface area contributed by atoms with Gasteiger partial charge in [-0.05, 0) is 24.8 Å². The zero-order valence-corrected chi connectivity index (χ0v) is 17.2. The number of aryl methyl sites for hydroxylation is 1. The van der Waals surface area contributed by atoms with E-state index in [1.54, 1.807) is 0 Å². The van der Waals surface area contributed by atoms with Crippen molar-refractivity contribution in [2.45, 2.75) is 63.8 Å². The summed E-state index contributed by atoms with van der Waals surface area (Å²) < 4.78 is 0.626. The molecule has 5 heteroatoms. The number of nitrogens with one attached hydrogen (secondary N) is 1. The van der Waals surface area contributed by atoms with Gasteiger partial charge in [-0.3, -0.25) is 9.59 Å². The number of likely N-dealkylation sites (N-methyl/N-ethyl adjacent to an activating group) is 1. The summed E-state index contributed by atoms with van der Waals surface area (Å²) in [6.07, 6.45) is 8.32.